The van der Waals surface area contributed by atoms with Crippen molar-refractivity contribution in [1.82, 2.24) is 10.1 Å². The van der Waals surface area contributed by atoms with E-state index in [1.165, 1.54) is 6.42 Å². The fourth-order valence-electron chi connectivity index (χ4n) is 3.03. The third-order valence-corrected chi connectivity index (χ3v) is 4.23. The molecule has 1 aromatic carbocycles. The number of nitrogens with zero attached hydrogens (tertiary/aromatic N) is 2. The molecule has 0 aliphatic heterocycles. The van der Waals surface area contributed by atoms with E-state index in [4.69, 9.17) is 15.0 Å². The average molecular weight is 287 g/mol. The highest BCUT2D eigenvalue weighted by Gasteiger charge is 2.38. The van der Waals surface area contributed by atoms with Crippen LogP contribution in [0.2, 0.25) is 0 Å². The predicted molar refractivity (Wildman–Crippen MR) is 79.7 cm³/mol. The van der Waals surface area contributed by atoms with Crippen LogP contribution < -0.4 is 5.73 Å². The summed E-state index contributed by atoms with van der Waals surface area (Å²) >= 11 is 0. The molecule has 2 N–H and O–H groups in total. The van der Waals surface area contributed by atoms with Crippen molar-refractivity contribution < 1.29 is 9.26 Å². The topological polar surface area (TPSA) is 74.2 Å². The van der Waals surface area contributed by atoms with Crippen molar-refractivity contribution in [2.75, 3.05) is 12.8 Å². The number of hydrogen-bond acceptors (Lipinski definition) is 5. The molecule has 0 bridgehead atoms. The van der Waals surface area contributed by atoms with Crippen molar-refractivity contribution in [3.63, 3.8) is 0 Å². The third kappa shape index (κ3) is 2.93. The lowest BCUT2D eigenvalue weighted by atomic mass is 9.84. The first-order valence-corrected chi connectivity index (χ1v) is 7.44. The number of rotatable bonds is 4. The smallest absolute Gasteiger partial charge is 0.231 e. The Hall–Kier alpha value is -1.88. The second-order valence-corrected chi connectivity index (χ2v) is 5.69. The van der Waals surface area contributed by atoms with Gasteiger partial charge < -0.3 is 15.0 Å². The number of hydrogen-bond donors (Lipinski definition) is 1. The molecule has 21 heavy (non-hydrogen) atoms. The Morgan fingerprint density at radius 3 is 2.81 bits per heavy atom. The molecule has 1 fully saturated rings. The summed E-state index contributed by atoms with van der Waals surface area (Å²) in [6, 6.07) is 7.73. The maximum absolute atomic E-state index is 5.79. The average Bonchev–Trinajstić information content (AvgIpc) is 2.97. The highest BCUT2D eigenvalue weighted by atomic mass is 16.5. The lowest BCUT2D eigenvalue weighted by Crippen LogP contribution is -2.32. The summed E-state index contributed by atoms with van der Waals surface area (Å²) in [6.07, 6.45) is 6.05. The fourth-order valence-corrected chi connectivity index (χ4v) is 3.03. The lowest BCUT2D eigenvalue weighted by Gasteiger charge is -2.32. The fraction of sp³-hybridized carbons (Fsp3) is 0.500. The zero-order valence-electron chi connectivity index (χ0n) is 12.3. The molecule has 2 aromatic rings. The number of anilines is 1. The van der Waals surface area contributed by atoms with Gasteiger partial charge in [0.25, 0.3) is 0 Å². The monoisotopic (exact) mass is 287 g/mol. The molecule has 5 heteroatoms. The van der Waals surface area contributed by atoms with Crippen LogP contribution in [0.15, 0.2) is 28.8 Å². The summed E-state index contributed by atoms with van der Waals surface area (Å²) in [5, 5.41) is 4.16. The van der Waals surface area contributed by atoms with Gasteiger partial charge in [-0.3, -0.25) is 0 Å². The maximum atomic E-state index is 5.79. The number of nitrogens with two attached hydrogens (primary N) is 1. The van der Waals surface area contributed by atoms with E-state index >= 15 is 0 Å². The minimum Gasteiger partial charge on any atom is -0.399 e. The zero-order valence-corrected chi connectivity index (χ0v) is 12.3. The van der Waals surface area contributed by atoms with Crippen molar-refractivity contribution in [1.29, 1.82) is 0 Å². The minimum atomic E-state index is -0.365. The standard InChI is InChI=1S/C16H21N3O2/c1-20-16(8-3-2-4-9-16)15-18-14(21-19-15)11-12-6-5-7-13(17)10-12/h5-7,10H,2-4,8-9,11,17H2,1H3. The summed E-state index contributed by atoms with van der Waals surface area (Å²) in [6.45, 7) is 0. The number of nitrogen functional groups attached to an aromatic ring is 1. The molecule has 0 radical (unpaired) electrons. The normalized spacial score (nSPS) is 17.8. The lowest BCUT2D eigenvalue weighted by molar-refractivity contribution is -0.0527. The highest BCUT2D eigenvalue weighted by Crippen LogP contribution is 2.38. The van der Waals surface area contributed by atoms with Gasteiger partial charge in [0.15, 0.2) is 0 Å². The van der Waals surface area contributed by atoms with Gasteiger partial charge in [0.2, 0.25) is 11.7 Å². The Bertz CT molecular complexity index is 603. The van der Waals surface area contributed by atoms with Crippen LogP contribution >= 0.6 is 0 Å². The summed E-state index contributed by atoms with van der Waals surface area (Å²) in [5.74, 6) is 1.29. The third-order valence-electron chi connectivity index (χ3n) is 4.23. The highest BCUT2D eigenvalue weighted by molar-refractivity contribution is 5.41. The van der Waals surface area contributed by atoms with Crippen LogP contribution in [0.3, 0.4) is 0 Å². The molecule has 0 atom stereocenters. The SMILES string of the molecule is COC1(c2noc(Cc3cccc(N)c3)n2)CCCCC1. The minimum absolute atomic E-state index is 0.365. The van der Waals surface area contributed by atoms with E-state index < -0.39 is 0 Å². The Labute approximate surface area is 124 Å². The molecule has 0 amide bonds. The van der Waals surface area contributed by atoms with Crippen molar-refractivity contribution in [3.05, 3.63) is 41.5 Å². The largest absolute Gasteiger partial charge is 0.399 e. The predicted octanol–water partition coefficient (Wildman–Crippen LogP) is 3.05. The van der Waals surface area contributed by atoms with E-state index in [0.29, 0.717) is 18.1 Å². The Kier molecular flexibility index (Phi) is 3.92. The van der Waals surface area contributed by atoms with E-state index in [1.807, 2.05) is 24.3 Å². The molecule has 1 aliphatic carbocycles. The molecule has 1 saturated carbocycles. The number of aromatic nitrogens is 2. The molecule has 0 saturated heterocycles. The van der Waals surface area contributed by atoms with Crippen LogP contribution in [0.4, 0.5) is 5.69 Å². The first kappa shape index (κ1) is 14.1. The van der Waals surface area contributed by atoms with Gasteiger partial charge in [0.1, 0.15) is 5.60 Å². The van der Waals surface area contributed by atoms with Crippen molar-refractivity contribution in [2.45, 2.75) is 44.1 Å². The quantitative estimate of drug-likeness (QED) is 0.875. The summed E-state index contributed by atoms with van der Waals surface area (Å²) < 4.78 is 11.1. The van der Waals surface area contributed by atoms with Gasteiger partial charge in [-0.2, -0.15) is 4.98 Å². The molecule has 0 unspecified atom stereocenters. The zero-order chi connectivity index (χ0) is 14.7. The van der Waals surface area contributed by atoms with Crippen LogP contribution in [-0.4, -0.2) is 17.3 Å². The van der Waals surface area contributed by atoms with Gasteiger partial charge in [-0.1, -0.05) is 36.6 Å². The molecule has 0 spiro atoms. The summed E-state index contributed by atoms with van der Waals surface area (Å²) in [4.78, 5) is 4.56. The van der Waals surface area contributed by atoms with E-state index in [-0.39, 0.29) is 5.60 Å². The summed E-state index contributed by atoms with van der Waals surface area (Å²) in [5.41, 5.74) is 7.24. The number of methoxy groups -OCH3 is 1. The molecular formula is C16H21N3O2. The second kappa shape index (κ2) is 5.85. The molecule has 5 nitrogen and oxygen atoms in total. The molecular weight excluding hydrogens is 266 g/mol. The Morgan fingerprint density at radius 1 is 1.29 bits per heavy atom. The van der Waals surface area contributed by atoms with E-state index in [9.17, 15) is 0 Å². The molecule has 1 aromatic heterocycles. The maximum Gasteiger partial charge on any atom is 0.231 e. The van der Waals surface area contributed by atoms with E-state index in [0.717, 1.165) is 36.9 Å². The molecule has 3 rings (SSSR count). The van der Waals surface area contributed by atoms with Gasteiger partial charge >= 0.3 is 0 Å². The van der Waals surface area contributed by atoms with Gasteiger partial charge in [-0.25, -0.2) is 0 Å². The first-order valence-electron chi connectivity index (χ1n) is 7.44. The van der Waals surface area contributed by atoms with Gasteiger partial charge in [0.05, 0.1) is 6.42 Å². The van der Waals surface area contributed by atoms with Gasteiger partial charge in [0, 0.05) is 12.8 Å². The number of ether oxygens (including phenoxy) is 1. The van der Waals surface area contributed by atoms with Crippen LogP contribution in [0.1, 0.15) is 49.4 Å². The van der Waals surface area contributed by atoms with Crippen molar-refractivity contribution >= 4 is 5.69 Å². The first-order chi connectivity index (χ1) is 10.2. The molecule has 1 aliphatic rings. The second-order valence-electron chi connectivity index (χ2n) is 5.69. The van der Waals surface area contributed by atoms with Crippen molar-refractivity contribution in [2.24, 2.45) is 0 Å². The van der Waals surface area contributed by atoms with Crippen LogP contribution in [-0.2, 0) is 16.8 Å². The Morgan fingerprint density at radius 2 is 2.10 bits per heavy atom. The van der Waals surface area contributed by atoms with E-state index in [2.05, 4.69) is 10.1 Å². The molecule has 112 valence electrons. The van der Waals surface area contributed by atoms with Crippen molar-refractivity contribution in [3.8, 4) is 0 Å². The summed E-state index contributed by atoms with van der Waals surface area (Å²) in [7, 11) is 1.74. The van der Waals surface area contributed by atoms with Crippen LogP contribution in [0, 0.1) is 0 Å². The van der Waals surface area contributed by atoms with Crippen LogP contribution in [0.25, 0.3) is 0 Å². The van der Waals surface area contributed by atoms with Gasteiger partial charge in [-0.15, -0.1) is 0 Å². The van der Waals surface area contributed by atoms with Crippen LogP contribution in [0.5, 0.6) is 0 Å². The molecule has 1 heterocycles. The number of benzene rings is 1. The Balaban J connectivity index is 1.79. The van der Waals surface area contributed by atoms with E-state index in [1.54, 1.807) is 7.11 Å². The van der Waals surface area contributed by atoms with Gasteiger partial charge in [-0.05, 0) is 30.5 Å².